The highest BCUT2D eigenvalue weighted by molar-refractivity contribution is 5.83. The molecule has 7 nitrogen and oxygen atoms in total. The topological polar surface area (TPSA) is 70.2 Å². The standard InChI is InChI=1S/C26H30N6O/c1-19-13-22-18-29-32(8-4-7-31-11-9-30(2)10-12-31)23(22)15-25(19)33-24-6-3-5-21-14-20(16-27)17-28-26(21)24/h4,8,13-15,17-18,24H,3,5-7,9-12H2,1-2H3/b8-4+/t24-/m1/s1. The maximum atomic E-state index is 9.19. The molecule has 5 rings (SSSR count). The van der Waals surface area contributed by atoms with Crippen LogP contribution in [-0.2, 0) is 6.42 Å². The molecule has 33 heavy (non-hydrogen) atoms. The van der Waals surface area contributed by atoms with E-state index in [0.29, 0.717) is 5.56 Å². The molecule has 3 aromatic rings. The van der Waals surface area contributed by atoms with Gasteiger partial charge in [-0.3, -0.25) is 9.88 Å². The number of benzene rings is 1. The van der Waals surface area contributed by atoms with Gasteiger partial charge in [0, 0.05) is 56.6 Å². The number of piperazine rings is 1. The summed E-state index contributed by atoms with van der Waals surface area (Å²) >= 11 is 0. The van der Waals surface area contributed by atoms with E-state index < -0.39 is 0 Å². The zero-order valence-electron chi connectivity index (χ0n) is 19.4. The number of likely N-dealkylation sites (N-methyl/N-ethyl adjacent to an activating group) is 1. The van der Waals surface area contributed by atoms with Crippen molar-refractivity contribution in [2.24, 2.45) is 0 Å². The molecule has 2 aromatic heterocycles. The van der Waals surface area contributed by atoms with E-state index >= 15 is 0 Å². The van der Waals surface area contributed by atoms with Crippen molar-refractivity contribution in [3.05, 3.63) is 59.1 Å². The number of aromatic nitrogens is 3. The minimum absolute atomic E-state index is 0.0956. The summed E-state index contributed by atoms with van der Waals surface area (Å²) < 4.78 is 8.44. The first-order valence-electron chi connectivity index (χ1n) is 11.7. The van der Waals surface area contributed by atoms with Crippen molar-refractivity contribution in [3.8, 4) is 11.8 Å². The molecule has 1 atom stereocenters. The van der Waals surface area contributed by atoms with Crippen molar-refractivity contribution in [3.63, 3.8) is 0 Å². The third-order valence-corrected chi connectivity index (χ3v) is 6.72. The number of fused-ring (bicyclic) bond motifs is 2. The first kappa shape index (κ1) is 21.6. The molecular weight excluding hydrogens is 412 g/mol. The lowest BCUT2D eigenvalue weighted by atomic mass is 9.92. The predicted octanol–water partition coefficient (Wildman–Crippen LogP) is 3.79. The van der Waals surface area contributed by atoms with Crippen LogP contribution in [0.3, 0.4) is 0 Å². The Labute approximate surface area is 194 Å². The minimum atomic E-state index is -0.0956. The van der Waals surface area contributed by atoms with Gasteiger partial charge in [-0.1, -0.05) is 6.08 Å². The number of rotatable bonds is 5. The Morgan fingerprint density at radius 1 is 1.18 bits per heavy atom. The van der Waals surface area contributed by atoms with Crippen LogP contribution in [0.4, 0.5) is 0 Å². The monoisotopic (exact) mass is 442 g/mol. The molecule has 0 unspecified atom stereocenters. The summed E-state index contributed by atoms with van der Waals surface area (Å²) in [5.74, 6) is 0.862. The number of aryl methyl sites for hydroxylation is 2. The average Bonchev–Trinajstić information content (AvgIpc) is 3.21. The average molecular weight is 443 g/mol. The molecule has 1 aliphatic carbocycles. The maximum Gasteiger partial charge on any atom is 0.141 e. The molecule has 1 aromatic carbocycles. The molecule has 7 heteroatoms. The third-order valence-electron chi connectivity index (χ3n) is 6.72. The summed E-state index contributed by atoms with van der Waals surface area (Å²) in [7, 11) is 2.18. The minimum Gasteiger partial charge on any atom is -0.484 e. The van der Waals surface area contributed by atoms with Crippen LogP contribution >= 0.6 is 0 Å². The summed E-state index contributed by atoms with van der Waals surface area (Å²) in [5.41, 5.74) is 4.82. The Morgan fingerprint density at radius 3 is 2.85 bits per heavy atom. The van der Waals surface area contributed by atoms with Crippen molar-refractivity contribution >= 4 is 17.1 Å². The van der Waals surface area contributed by atoms with Crippen molar-refractivity contribution in [2.75, 3.05) is 39.8 Å². The largest absolute Gasteiger partial charge is 0.484 e. The van der Waals surface area contributed by atoms with E-state index in [2.05, 4.69) is 64.3 Å². The summed E-state index contributed by atoms with van der Waals surface area (Å²) in [6, 6.07) is 8.37. The van der Waals surface area contributed by atoms with Crippen LogP contribution in [0.5, 0.6) is 5.75 Å². The van der Waals surface area contributed by atoms with E-state index in [1.807, 2.05) is 16.9 Å². The molecule has 1 saturated heterocycles. The van der Waals surface area contributed by atoms with E-state index in [-0.39, 0.29) is 6.10 Å². The second-order valence-corrected chi connectivity index (χ2v) is 9.13. The van der Waals surface area contributed by atoms with Crippen LogP contribution in [0.2, 0.25) is 0 Å². The molecule has 0 N–H and O–H groups in total. The molecule has 0 radical (unpaired) electrons. The highest BCUT2D eigenvalue weighted by Crippen LogP contribution is 2.35. The molecule has 170 valence electrons. The van der Waals surface area contributed by atoms with Gasteiger partial charge in [-0.15, -0.1) is 0 Å². The van der Waals surface area contributed by atoms with Crippen molar-refractivity contribution in [2.45, 2.75) is 32.3 Å². The third kappa shape index (κ3) is 4.63. The fourth-order valence-electron chi connectivity index (χ4n) is 4.72. The van der Waals surface area contributed by atoms with Crippen LogP contribution in [-0.4, -0.2) is 64.3 Å². The predicted molar refractivity (Wildman–Crippen MR) is 129 cm³/mol. The van der Waals surface area contributed by atoms with Crippen LogP contribution in [0, 0.1) is 18.3 Å². The number of hydrogen-bond acceptors (Lipinski definition) is 6. The Hall–Kier alpha value is -3.21. The van der Waals surface area contributed by atoms with Gasteiger partial charge in [-0.2, -0.15) is 10.4 Å². The zero-order chi connectivity index (χ0) is 22.8. The molecule has 0 saturated carbocycles. The van der Waals surface area contributed by atoms with Crippen LogP contribution in [0.25, 0.3) is 17.1 Å². The van der Waals surface area contributed by atoms with Gasteiger partial charge >= 0.3 is 0 Å². The lowest BCUT2D eigenvalue weighted by molar-refractivity contribution is 0.166. The molecule has 0 amide bonds. The van der Waals surface area contributed by atoms with Gasteiger partial charge in [-0.05, 0) is 56.5 Å². The van der Waals surface area contributed by atoms with E-state index in [1.165, 1.54) is 0 Å². The smallest absolute Gasteiger partial charge is 0.141 e. The normalized spacial score (nSPS) is 19.6. The number of nitrogens with zero attached hydrogens (tertiary/aromatic N) is 6. The first-order chi connectivity index (χ1) is 16.1. The highest BCUT2D eigenvalue weighted by Gasteiger charge is 2.24. The number of ether oxygens (including phenoxy) is 1. The summed E-state index contributed by atoms with van der Waals surface area (Å²) in [4.78, 5) is 9.41. The fourth-order valence-corrected chi connectivity index (χ4v) is 4.72. The summed E-state index contributed by atoms with van der Waals surface area (Å²) in [5, 5.41) is 14.9. The lowest BCUT2D eigenvalue weighted by Gasteiger charge is -2.31. The molecule has 1 aliphatic heterocycles. The number of pyridine rings is 1. The molecule has 0 spiro atoms. The Balaban J connectivity index is 1.35. The van der Waals surface area contributed by atoms with E-state index in [1.54, 1.807) is 6.20 Å². The zero-order valence-corrected chi connectivity index (χ0v) is 19.4. The van der Waals surface area contributed by atoms with Crippen molar-refractivity contribution < 1.29 is 4.74 Å². The molecule has 1 fully saturated rings. The number of nitriles is 1. The molecule has 0 bridgehead atoms. The van der Waals surface area contributed by atoms with Gasteiger partial charge in [0.15, 0.2) is 0 Å². The summed E-state index contributed by atoms with van der Waals surface area (Å²) in [6.45, 7) is 7.45. The second kappa shape index (κ2) is 9.34. The van der Waals surface area contributed by atoms with Crippen LogP contribution < -0.4 is 4.74 Å². The van der Waals surface area contributed by atoms with Gasteiger partial charge in [0.2, 0.25) is 0 Å². The van der Waals surface area contributed by atoms with Gasteiger partial charge in [0.05, 0.1) is 23.0 Å². The van der Waals surface area contributed by atoms with Gasteiger partial charge in [0.1, 0.15) is 17.9 Å². The highest BCUT2D eigenvalue weighted by atomic mass is 16.5. The van der Waals surface area contributed by atoms with Gasteiger partial charge in [0.25, 0.3) is 0 Å². The van der Waals surface area contributed by atoms with E-state index in [4.69, 9.17) is 4.74 Å². The van der Waals surface area contributed by atoms with Gasteiger partial charge in [-0.25, -0.2) is 4.68 Å². The number of hydrogen-bond donors (Lipinski definition) is 0. The van der Waals surface area contributed by atoms with Crippen molar-refractivity contribution in [1.29, 1.82) is 5.26 Å². The lowest BCUT2D eigenvalue weighted by Crippen LogP contribution is -2.44. The van der Waals surface area contributed by atoms with E-state index in [0.717, 1.165) is 85.5 Å². The summed E-state index contributed by atoms with van der Waals surface area (Å²) in [6.07, 6.45) is 10.6. The van der Waals surface area contributed by atoms with Crippen LogP contribution in [0.15, 0.2) is 36.7 Å². The SMILES string of the molecule is Cc1cc2cnn(/C=C/CN3CCN(C)CC3)c2cc1O[C@@H]1CCCc2cc(C#N)cnc21. The Morgan fingerprint density at radius 2 is 2.03 bits per heavy atom. The Bertz CT molecular complexity index is 1220. The van der Waals surface area contributed by atoms with Gasteiger partial charge < -0.3 is 9.64 Å². The first-order valence-corrected chi connectivity index (χ1v) is 11.7. The molecule has 3 heterocycles. The second-order valence-electron chi connectivity index (χ2n) is 9.13. The Kier molecular flexibility index (Phi) is 6.12. The van der Waals surface area contributed by atoms with E-state index in [9.17, 15) is 5.26 Å². The quantitative estimate of drug-likeness (QED) is 0.599. The van der Waals surface area contributed by atoms with Crippen molar-refractivity contribution in [1.82, 2.24) is 24.6 Å². The fraction of sp³-hybridized carbons (Fsp3) is 0.423. The maximum absolute atomic E-state index is 9.19. The van der Waals surface area contributed by atoms with Crippen LogP contribution in [0.1, 0.15) is 41.3 Å². The molecular formula is C26H30N6O. The molecule has 2 aliphatic rings.